The number of thiophene rings is 1. The number of pyridine rings is 1. The third-order valence-corrected chi connectivity index (χ3v) is 6.60. The summed E-state index contributed by atoms with van der Waals surface area (Å²) in [5.41, 5.74) is 1.71. The molecule has 4 aromatic rings. The molecule has 3 heterocycles. The highest BCUT2D eigenvalue weighted by Gasteiger charge is 2.20. The van der Waals surface area contributed by atoms with Crippen molar-refractivity contribution >= 4 is 34.8 Å². The van der Waals surface area contributed by atoms with E-state index in [1.54, 1.807) is 66.8 Å². The van der Waals surface area contributed by atoms with Gasteiger partial charge in [0, 0.05) is 38.1 Å². The second-order valence-electron chi connectivity index (χ2n) is 7.88. The average molecular weight is 526 g/mol. The molecular weight excluding hydrogens is 502 g/mol. The first-order valence-corrected chi connectivity index (χ1v) is 12.2. The highest BCUT2D eigenvalue weighted by molar-refractivity contribution is 7.17. The molecule has 10 nitrogen and oxygen atoms in total. The number of hydrogen-bond acceptors (Lipinski definition) is 7. The lowest BCUT2D eigenvalue weighted by Gasteiger charge is -2.19. The van der Waals surface area contributed by atoms with Crippen LogP contribution in [0.2, 0.25) is 4.34 Å². The molecule has 0 saturated carbocycles. The number of hydrogen-bond donors (Lipinski definition) is 2. The molecule has 4 rings (SSSR count). The minimum atomic E-state index is -0.263. The first kappa shape index (κ1) is 25.3. The molecule has 3 aromatic heterocycles. The van der Waals surface area contributed by atoms with Crippen molar-refractivity contribution in [1.29, 1.82) is 0 Å². The van der Waals surface area contributed by atoms with Crippen LogP contribution in [0.25, 0.3) is 11.4 Å². The molecule has 1 aromatic carbocycles. The number of aromatic nitrogens is 4. The van der Waals surface area contributed by atoms with Crippen molar-refractivity contribution in [1.82, 2.24) is 35.1 Å². The van der Waals surface area contributed by atoms with E-state index < -0.39 is 0 Å². The van der Waals surface area contributed by atoms with E-state index in [2.05, 4.69) is 20.9 Å². The zero-order valence-electron chi connectivity index (χ0n) is 19.6. The van der Waals surface area contributed by atoms with Crippen LogP contribution < -0.4 is 16.2 Å². The summed E-state index contributed by atoms with van der Waals surface area (Å²) in [5.74, 6) is -0.493. The molecule has 0 bridgehead atoms. The summed E-state index contributed by atoms with van der Waals surface area (Å²) in [7, 11) is 3.53. The summed E-state index contributed by atoms with van der Waals surface area (Å²) in [5, 5.41) is 14.1. The number of rotatable bonds is 9. The molecule has 186 valence electrons. The molecule has 0 saturated heterocycles. The summed E-state index contributed by atoms with van der Waals surface area (Å²) in [6, 6.07) is 13.3. The highest BCUT2D eigenvalue weighted by Crippen LogP contribution is 2.22. The van der Waals surface area contributed by atoms with E-state index in [9.17, 15) is 14.4 Å². The van der Waals surface area contributed by atoms with Gasteiger partial charge in [0.25, 0.3) is 17.4 Å². The first-order valence-electron chi connectivity index (χ1n) is 11.0. The van der Waals surface area contributed by atoms with Gasteiger partial charge in [-0.3, -0.25) is 19.0 Å². The molecule has 0 spiro atoms. The lowest BCUT2D eigenvalue weighted by atomic mass is 10.1. The van der Waals surface area contributed by atoms with Crippen molar-refractivity contribution in [3.05, 3.63) is 91.7 Å². The van der Waals surface area contributed by atoms with Crippen molar-refractivity contribution in [2.75, 3.05) is 27.2 Å². The molecule has 0 unspecified atom stereocenters. The van der Waals surface area contributed by atoms with Crippen LogP contribution >= 0.6 is 22.9 Å². The number of nitrogens with one attached hydrogen (secondary N) is 2. The van der Waals surface area contributed by atoms with Crippen LogP contribution in [0, 0.1) is 0 Å². The summed E-state index contributed by atoms with van der Waals surface area (Å²) in [4.78, 5) is 40.1. The van der Waals surface area contributed by atoms with Gasteiger partial charge in [0.15, 0.2) is 0 Å². The fourth-order valence-corrected chi connectivity index (χ4v) is 4.42. The first-order chi connectivity index (χ1) is 17.4. The maximum Gasteiger partial charge on any atom is 0.261 e. The van der Waals surface area contributed by atoms with Gasteiger partial charge in [0.1, 0.15) is 5.69 Å². The molecule has 36 heavy (non-hydrogen) atoms. The van der Waals surface area contributed by atoms with Gasteiger partial charge in [-0.2, -0.15) is 0 Å². The van der Waals surface area contributed by atoms with E-state index in [1.807, 2.05) is 7.05 Å². The maximum atomic E-state index is 13.4. The van der Waals surface area contributed by atoms with Crippen LogP contribution in [0.1, 0.15) is 25.7 Å². The fraction of sp³-hybridized carbons (Fsp3) is 0.208. The highest BCUT2D eigenvalue weighted by atomic mass is 35.5. The molecule has 0 aliphatic heterocycles. The SMILES string of the molecule is CNCCN(C)C(=O)c1cc(-n2ccccc2=O)ccc1-n1cc(CNC(=O)c2ccc(Cl)s2)nn1. The van der Waals surface area contributed by atoms with Crippen LogP contribution in [-0.4, -0.2) is 63.5 Å². The maximum absolute atomic E-state index is 13.4. The molecule has 12 heteroatoms. The van der Waals surface area contributed by atoms with Gasteiger partial charge in [-0.05, 0) is 43.4 Å². The standard InChI is InChI=1S/C24H24ClN7O3S/c1-26-10-12-30(2)24(35)18-13-17(31-11-4-3-5-22(31)33)6-7-19(18)32-15-16(28-29-32)14-27-23(34)20-8-9-21(25)36-20/h3-9,11,13,15,26H,10,12,14H2,1-2H3,(H,27,34). The van der Waals surface area contributed by atoms with Gasteiger partial charge in [-0.15, -0.1) is 16.4 Å². The summed E-state index contributed by atoms with van der Waals surface area (Å²) in [6.45, 7) is 1.26. The molecule has 0 aliphatic rings. The Morgan fingerprint density at radius 2 is 2.00 bits per heavy atom. The zero-order chi connectivity index (χ0) is 25.7. The van der Waals surface area contributed by atoms with Gasteiger partial charge < -0.3 is 15.5 Å². The van der Waals surface area contributed by atoms with E-state index in [1.165, 1.54) is 26.7 Å². The monoisotopic (exact) mass is 525 g/mol. The minimum absolute atomic E-state index is 0.150. The smallest absolute Gasteiger partial charge is 0.261 e. The molecular formula is C24H24ClN7O3S. The third-order valence-electron chi connectivity index (χ3n) is 5.37. The summed E-state index contributed by atoms with van der Waals surface area (Å²) in [6.07, 6.45) is 3.29. The van der Waals surface area contributed by atoms with Crippen molar-refractivity contribution in [2.45, 2.75) is 6.54 Å². The second-order valence-corrected chi connectivity index (χ2v) is 9.60. The molecule has 2 amide bonds. The van der Waals surface area contributed by atoms with Crippen LogP contribution in [0.3, 0.4) is 0 Å². The second kappa shape index (κ2) is 11.3. The Kier molecular flexibility index (Phi) is 7.93. The van der Waals surface area contributed by atoms with Gasteiger partial charge >= 0.3 is 0 Å². The average Bonchev–Trinajstić information content (AvgIpc) is 3.54. The van der Waals surface area contributed by atoms with Crippen molar-refractivity contribution in [3.8, 4) is 11.4 Å². The number of carbonyl (C=O) groups is 2. The van der Waals surface area contributed by atoms with Crippen molar-refractivity contribution in [3.63, 3.8) is 0 Å². The third kappa shape index (κ3) is 5.70. The quantitative estimate of drug-likeness (QED) is 0.347. The zero-order valence-corrected chi connectivity index (χ0v) is 21.2. The van der Waals surface area contributed by atoms with E-state index in [0.717, 1.165) is 0 Å². The normalized spacial score (nSPS) is 10.9. The molecule has 2 N–H and O–H groups in total. The molecule has 0 radical (unpaired) electrons. The molecule has 0 fully saturated rings. The number of benzene rings is 1. The number of nitrogens with zero attached hydrogens (tertiary/aromatic N) is 5. The summed E-state index contributed by atoms with van der Waals surface area (Å²) < 4.78 is 3.48. The molecule has 0 atom stereocenters. The van der Waals surface area contributed by atoms with Crippen LogP contribution in [-0.2, 0) is 6.54 Å². The largest absolute Gasteiger partial charge is 0.346 e. The van der Waals surface area contributed by atoms with E-state index in [4.69, 9.17) is 11.6 Å². The van der Waals surface area contributed by atoms with Gasteiger partial charge in [0.05, 0.1) is 33.2 Å². The van der Waals surface area contributed by atoms with E-state index in [0.29, 0.717) is 44.9 Å². The number of carbonyl (C=O) groups excluding carboxylic acids is 2. The van der Waals surface area contributed by atoms with Gasteiger partial charge in [-0.25, -0.2) is 4.68 Å². The predicted molar refractivity (Wildman–Crippen MR) is 138 cm³/mol. The Bertz CT molecular complexity index is 1450. The van der Waals surface area contributed by atoms with Crippen LogP contribution in [0.15, 0.2) is 65.7 Å². The van der Waals surface area contributed by atoms with Crippen LogP contribution in [0.5, 0.6) is 0 Å². The number of halogens is 1. The Labute approximate surface area is 216 Å². The molecule has 0 aliphatic carbocycles. The number of likely N-dealkylation sites (N-methyl/N-ethyl adjacent to an activating group) is 2. The summed E-state index contributed by atoms with van der Waals surface area (Å²) >= 11 is 7.09. The van der Waals surface area contributed by atoms with Crippen molar-refractivity contribution in [2.24, 2.45) is 0 Å². The Morgan fingerprint density at radius 3 is 2.72 bits per heavy atom. The van der Waals surface area contributed by atoms with Gasteiger partial charge in [-0.1, -0.05) is 22.9 Å². The van der Waals surface area contributed by atoms with E-state index >= 15 is 0 Å². The van der Waals surface area contributed by atoms with Crippen molar-refractivity contribution < 1.29 is 9.59 Å². The Hall–Kier alpha value is -3.80. The van der Waals surface area contributed by atoms with Crippen LogP contribution in [0.4, 0.5) is 0 Å². The number of amides is 2. The van der Waals surface area contributed by atoms with E-state index in [-0.39, 0.29) is 23.9 Å². The Balaban J connectivity index is 1.63. The topological polar surface area (TPSA) is 114 Å². The lowest BCUT2D eigenvalue weighted by molar-refractivity contribution is 0.0796. The minimum Gasteiger partial charge on any atom is -0.346 e. The Morgan fingerprint density at radius 1 is 1.17 bits per heavy atom. The predicted octanol–water partition coefficient (Wildman–Crippen LogP) is 2.35. The fourth-order valence-electron chi connectivity index (χ4n) is 3.46. The van der Waals surface area contributed by atoms with Gasteiger partial charge in [0.2, 0.25) is 0 Å². The lowest BCUT2D eigenvalue weighted by Crippen LogP contribution is -2.33.